The third kappa shape index (κ3) is 5.36. The van der Waals surface area contributed by atoms with Crippen molar-refractivity contribution in [3.05, 3.63) is 35.6 Å². The van der Waals surface area contributed by atoms with E-state index in [9.17, 15) is 9.18 Å². The van der Waals surface area contributed by atoms with Gasteiger partial charge in [0.1, 0.15) is 5.82 Å². The molecule has 0 radical (unpaired) electrons. The standard InChI is InChI=1S/C16H24FN3O2/c1-12(13-3-5-14(17)6-4-13)19-16(21)10-18-9-15-11-20(2)7-8-22-15/h3-6,12,15,18H,7-11H2,1-2H3,(H,19,21)/t12-,15+/m1/s1. The van der Waals surface area contributed by atoms with Gasteiger partial charge in [-0.25, -0.2) is 4.39 Å². The minimum atomic E-state index is -0.276. The molecule has 0 aromatic heterocycles. The third-order valence-corrected chi connectivity index (χ3v) is 3.75. The summed E-state index contributed by atoms with van der Waals surface area (Å²) in [5, 5.41) is 6.00. The molecule has 1 saturated heterocycles. The molecule has 1 aliphatic rings. The van der Waals surface area contributed by atoms with Crippen molar-refractivity contribution in [3.8, 4) is 0 Å². The molecule has 6 heteroatoms. The summed E-state index contributed by atoms with van der Waals surface area (Å²) in [6.45, 7) is 5.34. The highest BCUT2D eigenvalue weighted by molar-refractivity contribution is 5.78. The molecule has 1 heterocycles. The molecular formula is C16H24FN3O2. The van der Waals surface area contributed by atoms with Gasteiger partial charge in [-0.05, 0) is 31.7 Å². The highest BCUT2D eigenvalue weighted by atomic mass is 19.1. The van der Waals surface area contributed by atoms with Gasteiger partial charge in [0.05, 0.1) is 25.3 Å². The van der Waals surface area contributed by atoms with Crippen molar-refractivity contribution < 1.29 is 13.9 Å². The largest absolute Gasteiger partial charge is 0.374 e. The maximum atomic E-state index is 12.9. The summed E-state index contributed by atoms with van der Waals surface area (Å²) in [6, 6.07) is 6.01. The van der Waals surface area contributed by atoms with E-state index in [2.05, 4.69) is 22.6 Å². The van der Waals surface area contributed by atoms with E-state index in [4.69, 9.17) is 4.74 Å². The van der Waals surface area contributed by atoms with Crippen LogP contribution >= 0.6 is 0 Å². The molecule has 1 aliphatic heterocycles. The van der Waals surface area contributed by atoms with Crippen LogP contribution < -0.4 is 10.6 Å². The Morgan fingerprint density at radius 1 is 1.45 bits per heavy atom. The Bertz CT molecular complexity index is 481. The molecule has 1 amide bonds. The number of carbonyl (C=O) groups is 1. The van der Waals surface area contributed by atoms with E-state index in [1.54, 1.807) is 12.1 Å². The van der Waals surface area contributed by atoms with E-state index >= 15 is 0 Å². The van der Waals surface area contributed by atoms with E-state index in [0.29, 0.717) is 6.54 Å². The fourth-order valence-electron chi connectivity index (χ4n) is 2.46. The first-order valence-electron chi connectivity index (χ1n) is 7.60. The average Bonchev–Trinajstić information content (AvgIpc) is 2.48. The van der Waals surface area contributed by atoms with E-state index in [-0.39, 0.29) is 30.4 Å². The molecule has 2 atom stereocenters. The van der Waals surface area contributed by atoms with E-state index < -0.39 is 0 Å². The number of rotatable bonds is 6. The minimum Gasteiger partial charge on any atom is -0.374 e. The molecule has 0 spiro atoms. The Morgan fingerprint density at radius 2 is 2.18 bits per heavy atom. The van der Waals surface area contributed by atoms with Crippen molar-refractivity contribution in [2.75, 3.05) is 39.8 Å². The molecule has 1 aromatic carbocycles. The number of morpholine rings is 1. The van der Waals surface area contributed by atoms with Crippen molar-refractivity contribution in [1.82, 2.24) is 15.5 Å². The van der Waals surface area contributed by atoms with Gasteiger partial charge >= 0.3 is 0 Å². The van der Waals surface area contributed by atoms with E-state index in [0.717, 1.165) is 25.3 Å². The summed E-state index contributed by atoms with van der Waals surface area (Å²) in [6.07, 6.45) is 0.126. The van der Waals surface area contributed by atoms with Crippen LogP contribution in [0.2, 0.25) is 0 Å². The van der Waals surface area contributed by atoms with Crippen LogP contribution in [0.4, 0.5) is 4.39 Å². The van der Waals surface area contributed by atoms with Crippen LogP contribution in [0.15, 0.2) is 24.3 Å². The number of carbonyl (C=O) groups excluding carboxylic acids is 1. The number of nitrogens with one attached hydrogen (secondary N) is 2. The van der Waals surface area contributed by atoms with Crippen molar-refractivity contribution in [3.63, 3.8) is 0 Å². The molecular weight excluding hydrogens is 285 g/mol. The second-order valence-electron chi connectivity index (χ2n) is 5.73. The van der Waals surface area contributed by atoms with E-state index in [1.165, 1.54) is 12.1 Å². The van der Waals surface area contributed by atoms with Crippen molar-refractivity contribution in [2.45, 2.75) is 19.1 Å². The highest BCUT2D eigenvalue weighted by Gasteiger charge is 2.17. The Labute approximate surface area is 130 Å². The number of hydrogen-bond donors (Lipinski definition) is 2. The first kappa shape index (κ1) is 16.9. The van der Waals surface area contributed by atoms with Crippen LogP contribution in [-0.2, 0) is 9.53 Å². The van der Waals surface area contributed by atoms with Gasteiger partial charge in [-0.2, -0.15) is 0 Å². The lowest BCUT2D eigenvalue weighted by molar-refractivity contribution is -0.121. The first-order chi connectivity index (χ1) is 10.5. The fraction of sp³-hybridized carbons (Fsp3) is 0.562. The third-order valence-electron chi connectivity index (χ3n) is 3.75. The second kappa shape index (κ2) is 8.22. The topological polar surface area (TPSA) is 53.6 Å². The molecule has 2 rings (SSSR count). The zero-order valence-electron chi connectivity index (χ0n) is 13.1. The summed E-state index contributed by atoms with van der Waals surface area (Å²) in [5.74, 6) is -0.359. The quantitative estimate of drug-likeness (QED) is 0.821. The summed E-state index contributed by atoms with van der Waals surface area (Å²) < 4.78 is 18.5. The molecule has 0 unspecified atom stereocenters. The molecule has 1 aromatic rings. The van der Waals surface area contributed by atoms with Crippen LogP contribution in [0, 0.1) is 5.82 Å². The Morgan fingerprint density at radius 3 is 2.86 bits per heavy atom. The van der Waals surface area contributed by atoms with Gasteiger partial charge < -0.3 is 20.3 Å². The van der Waals surface area contributed by atoms with Gasteiger partial charge in [0.25, 0.3) is 0 Å². The number of benzene rings is 1. The number of amides is 1. The van der Waals surface area contributed by atoms with Crippen LogP contribution in [-0.4, -0.2) is 56.7 Å². The van der Waals surface area contributed by atoms with Crippen LogP contribution in [0.25, 0.3) is 0 Å². The molecule has 122 valence electrons. The van der Waals surface area contributed by atoms with Crippen molar-refractivity contribution in [2.24, 2.45) is 0 Å². The van der Waals surface area contributed by atoms with Gasteiger partial charge in [0, 0.05) is 19.6 Å². The summed E-state index contributed by atoms with van der Waals surface area (Å²) >= 11 is 0. The van der Waals surface area contributed by atoms with Gasteiger partial charge in [0.2, 0.25) is 5.91 Å². The number of halogens is 1. The predicted molar refractivity (Wildman–Crippen MR) is 83.1 cm³/mol. The zero-order chi connectivity index (χ0) is 15.9. The first-order valence-corrected chi connectivity index (χ1v) is 7.60. The summed E-state index contributed by atoms with van der Waals surface area (Å²) in [5.41, 5.74) is 0.881. The molecule has 0 aliphatic carbocycles. The number of ether oxygens (including phenoxy) is 1. The molecule has 2 N–H and O–H groups in total. The summed E-state index contributed by atoms with van der Waals surface area (Å²) in [4.78, 5) is 14.1. The predicted octanol–water partition coefficient (Wildman–Crippen LogP) is 0.923. The molecule has 0 bridgehead atoms. The molecule has 0 saturated carbocycles. The monoisotopic (exact) mass is 309 g/mol. The number of nitrogens with zero attached hydrogens (tertiary/aromatic N) is 1. The van der Waals surface area contributed by atoms with Gasteiger partial charge in [-0.15, -0.1) is 0 Å². The second-order valence-corrected chi connectivity index (χ2v) is 5.73. The molecule has 1 fully saturated rings. The van der Waals surface area contributed by atoms with E-state index in [1.807, 2.05) is 6.92 Å². The van der Waals surface area contributed by atoms with Crippen LogP contribution in [0.3, 0.4) is 0 Å². The van der Waals surface area contributed by atoms with Crippen LogP contribution in [0.1, 0.15) is 18.5 Å². The van der Waals surface area contributed by atoms with Crippen LogP contribution in [0.5, 0.6) is 0 Å². The Kier molecular flexibility index (Phi) is 6.30. The average molecular weight is 309 g/mol. The Balaban J connectivity index is 1.68. The number of likely N-dealkylation sites (N-methyl/N-ethyl adjacent to an activating group) is 1. The van der Waals surface area contributed by atoms with Gasteiger partial charge in [0.15, 0.2) is 0 Å². The van der Waals surface area contributed by atoms with Crippen molar-refractivity contribution in [1.29, 1.82) is 0 Å². The lowest BCUT2D eigenvalue weighted by Gasteiger charge is -2.30. The molecule has 22 heavy (non-hydrogen) atoms. The normalized spacial score (nSPS) is 20.6. The van der Waals surface area contributed by atoms with Gasteiger partial charge in [-0.3, -0.25) is 4.79 Å². The minimum absolute atomic E-state index is 0.0824. The fourth-order valence-corrected chi connectivity index (χ4v) is 2.46. The summed E-state index contributed by atoms with van der Waals surface area (Å²) in [7, 11) is 2.06. The maximum absolute atomic E-state index is 12.9. The Hall–Kier alpha value is -1.50. The highest BCUT2D eigenvalue weighted by Crippen LogP contribution is 2.12. The lowest BCUT2D eigenvalue weighted by atomic mass is 10.1. The smallest absolute Gasteiger partial charge is 0.234 e. The number of hydrogen-bond acceptors (Lipinski definition) is 4. The van der Waals surface area contributed by atoms with Crippen molar-refractivity contribution >= 4 is 5.91 Å². The molecule has 5 nitrogen and oxygen atoms in total. The maximum Gasteiger partial charge on any atom is 0.234 e. The zero-order valence-corrected chi connectivity index (χ0v) is 13.1. The lowest BCUT2D eigenvalue weighted by Crippen LogP contribution is -2.46. The van der Waals surface area contributed by atoms with Gasteiger partial charge in [-0.1, -0.05) is 12.1 Å². The SMILES string of the molecule is C[C@@H](NC(=O)CNC[C@H]1CN(C)CCO1)c1ccc(F)cc1.